The molecule has 0 unspecified atom stereocenters. The topological polar surface area (TPSA) is 59.9 Å². The van der Waals surface area contributed by atoms with Crippen LogP contribution in [-0.4, -0.2) is 23.5 Å². The number of hydrazone groups is 1. The van der Waals surface area contributed by atoms with Gasteiger partial charge in [-0.05, 0) is 71.4 Å². The predicted octanol–water partition coefficient (Wildman–Crippen LogP) is 3.72. The monoisotopic (exact) mass is 292 g/mol. The largest absolute Gasteiger partial charge is 0.491 e. The summed E-state index contributed by atoms with van der Waals surface area (Å²) in [5.74, 6) is 0.807. The first-order chi connectivity index (χ1) is 9.67. The van der Waals surface area contributed by atoms with Crippen molar-refractivity contribution in [2.75, 3.05) is 0 Å². The predicted molar refractivity (Wildman–Crippen MR) is 83.8 cm³/mol. The van der Waals surface area contributed by atoms with E-state index in [2.05, 4.69) is 10.5 Å². The van der Waals surface area contributed by atoms with Gasteiger partial charge < -0.3 is 9.47 Å². The summed E-state index contributed by atoms with van der Waals surface area (Å²) < 4.78 is 10.7. The van der Waals surface area contributed by atoms with Gasteiger partial charge in [0.25, 0.3) is 0 Å². The van der Waals surface area contributed by atoms with E-state index in [0.29, 0.717) is 5.71 Å². The maximum absolute atomic E-state index is 11.5. The van der Waals surface area contributed by atoms with Gasteiger partial charge in [-0.3, -0.25) is 0 Å². The zero-order chi connectivity index (χ0) is 16.0. The lowest BCUT2D eigenvalue weighted by molar-refractivity contribution is 0.0529. The third kappa shape index (κ3) is 6.79. The average Bonchev–Trinajstić information content (AvgIpc) is 2.34. The molecule has 1 aromatic rings. The molecule has 0 saturated carbocycles. The molecule has 0 fully saturated rings. The molecule has 5 nitrogen and oxygen atoms in total. The number of benzene rings is 1. The van der Waals surface area contributed by atoms with Gasteiger partial charge in [0.1, 0.15) is 11.4 Å². The van der Waals surface area contributed by atoms with Crippen molar-refractivity contribution in [2.24, 2.45) is 5.10 Å². The highest BCUT2D eigenvalue weighted by molar-refractivity contribution is 5.99. The van der Waals surface area contributed by atoms with E-state index >= 15 is 0 Å². The second kappa shape index (κ2) is 7.11. The lowest BCUT2D eigenvalue weighted by Crippen LogP contribution is -2.30. The zero-order valence-electron chi connectivity index (χ0n) is 13.6. The van der Waals surface area contributed by atoms with E-state index in [0.717, 1.165) is 11.3 Å². The molecule has 0 aliphatic rings. The SMILES string of the molecule is C/C(=N/NC(=O)OC(C)(C)C)c1ccc(OC(C)C)cc1. The summed E-state index contributed by atoms with van der Waals surface area (Å²) in [7, 11) is 0. The average molecular weight is 292 g/mol. The maximum atomic E-state index is 11.5. The lowest BCUT2D eigenvalue weighted by atomic mass is 10.1. The Morgan fingerprint density at radius 3 is 2.24 bits per heavy atom. The molecule has 0 aliphatic carbocycles. The molecule has 0 saturated heterocycles. The van der Waals surface area contributed by atoms with Crippen molar-refractivity contribution >= 4 is 11.8 Å². The van der Waals surface area contributed by atoms with E-state index in [1.54, 1.807) is 20.8 Å². The van der Waals surface area contributed by atoms with Crippen LogP contribution in [0.5, 0.6) is 5.75 Å². The first-order valence-electron chi connectivity index (χ1n) is 6.98. The summed E-state index contributed by atoms with van der Waals surface area (Å²) >= 11 is 0. The van der Waals surface area contributed by atoms with Crippen molar-refractivity contribution < 1.29 is 14.3 Å². The fourth-order valence-corrected chi connectivity index (χ4v) is 1.54. The van der Waals surface area contributed by atoms with Crippen LogP contribution in [0.2, 0.25) is 0 Å². The number of hydrogen-bond acceptors (Lipinski definition) is 4. The Morgan fingerprint density at radius 1 is 1.19 bits per heavy atom. The van der Waals surface area contributed by atoms with E-state index in [4.69, 9.17) is 9.47 Å². The minimum absolute atomic E-state index is 0.138. The van der Waals surface area contributed by atoms with Gasteiger partial charge in [0.15, 0.2) is 0 Å². The molecule has 1 N–H and O–H groups in total. The molecule has 1 amide bonds. The molecule has 0 radical (unpaired) electrons. The molecule has 1 aromatic carbocycles. The minimum atomic E-state index is -0.568. The molecular formula is C16H24N2O3. The third-order valence-electron chi connectivity index (χ3n) is 2.36. The second-order valence-corrected chi connectivity index (χ2v) is 6.00. The Kier molecular flexibility index (Phi) is 5.76. The summed E-state index contributed by atoms with van der Waals surface area (Å²) in [4.78, 5) is 11.5. The van der Waals surface area contributed by atoms with Crippen LogP contribution in [0.15, 0.2) is 29.4 Å². The van der Waals surface area contributed by atoms with E-state index in [1.807, 2.05) is 45.0 Å². The van der Waals surface area contributed by atoms with Gasteiger partial charge in [0.2, 0.25) is 0 Å². The quantitative estimate of drug-likeness (QED) is 0.679. The number of carbonyl (C=O) groups excluding carboxylic acids is 1. The summed E-state index contributed by atoms with van der Waals surface area (Å²) in [5.41, 5.74) is 3.44. The van der Waals surface area contributed by atoms with Crippen molar-refractivity contribution in [2.45, 2.75) is 53.2 Å². The van der Waals surface area contributed by atoms with E-state index in [-0.39, 0.29) is 6.10 Å². The van der Waals surface area contributed by atoms with Crippen molar-refractivity contribution in [3.8, 4) is 5.75 Å². The van der Waals surface area contributed by atoms with E-state index < -0.39 is 11.7 Å². The molecule has 21 heavy (non-hydrogen) atoms. The highest BCUT2D eigenvalue weighted by Gasteiger charge is 2.15. The first-order valence-corrected chi connectivity index (χ1v) is 6.98. The van der Waals surface area contributed by atoms with Crippen molar-refractivity contribution in [1.82, 2.24) is 5.43 Å². The fraction of sp³-hybridized carbons (Fsp3) is 0.500. The molecule has 5 heteroatoms. The van der Waals surface area contributed by atoms with Crippen molar-refractivity contribution in [1.29, 1.82) is 0 Å². The number of ether oxygens (including phenoxy) is 2. The highest BCUT2D eigenvalue weighted by Crippen LogP contribution is 2.14. The normalized spacial score (nSPS) is 12.2. The van der Waals surface area contributed by atoms with Gasteiger partial charge in [0, 0.05) is 0 Å². The molecule has 0 heterocycles. The summed E-state index contributed by atoms with van der Waals surface area (Å²) in [6, 6.07) is 7.55. The van der Waals surface area contributed by atoms with E-state index in [9.17, 15) is 4.79 Å². The van der Waals surface area contributed by atoms with Crippen LogP contribution >= 0.6 is 0 Å². The summed E-state index contributed by atoms with van der Waals surface area (Å²) in [6.45, 7) is 11.2. The standard InChI is InChI=1S/C16H24N2O3/c1-11(2)20-14-9-7-13(8-10-14)12(3)17-18-15(19)21-16(4,5)6/h7-11H,1-6H3,(H,18,19)/b17-12-. The van der Waals surface area contributed by atoms with E-state index in [1.165, 1.54) is 0 Å². The first kappa shape index (κ1) is 17.0. The number of amides is 1. The fourth-order valence-electron chi connectivity index (χ4n) is 1.54. The Labute approximate surface area is 126 Å². The van der Waals surface area contributed by atoms with Gasteiger partial charge in [-0.2, -0.15) is 5.10 Å². The number of carbonyl (C=O) groups is 1. The molecular weight excluding hydrogens is 268 g/mol. The molecule has 0 atom stereocenters. The summed E-state index contributed by atoms with van der Waals surface area (Å²) in [5, 5.41) is 4.02. The Hall–Kier alpha value is -2.04. The number of nitrogens with one attached hydrogen (secondary N) is 1. The molecule has 0 bridgehead atoms. The molecule has 0 aromatic heterocycles. The number of nitrogens with zero attached hydrogens (tertiary/aromatic N) is 1. The van der Waals surface area contributed by atoms with Crippen molar-refractivity contribution in [3.63, 3.8) is 0 Å². The van der Waals surface area contributed by atoms with Gasteiger partial charge in [-0.15, -0.1) is 0 Å². The van der Waals surface area contributed by atoms with Gasteiger partial charge in [0.05, 0.1) is 11.8 Å². The second-order valence-electron chi connectivity index (χ2n) is 6.00. The lowest BCUT2D eigenvalue weighted by Gasteiger charge is -2.18. The number of hydrogen-bond donors (Lipinski definition) is 1. The zero-order valence-corrected chi connectivity index (χ0v) is 13.6. The Morgan fingerprint density at radius 2 is 1.76 bits per heavy atom. The van der Waals surface area contributed by atoms with Crippen LogP contribution in [0.4, 0.5) is 4.79 Å². The van der Waals surface area contributed by atoms with Crippen LogP contribution in [0, 0.1) is 0 Å². The van der Waals surface area contributed by atoms with Gasteiger partial charge in [-0.1, -0.05) is 0 Å². The molecule has 0 spiro atoms. The van der Waals surface area contributed by atoms with Crippen molar-refractivity contribution in [3.05, 3.63) is 29.8 Å². The van der Waals surface area contributed by atoms with Crippen LogP contribution in [0.1, 0.15) is 47.1 Å². The van der Waals surface area contributed by atoms with Crippen LogP contribution in [-0.2, 0) is 4.74 Å². The number of rotatable bonds is 4. The highest BCUT2D eigenvalue weighted by atomic mass is 16.6. The molecule has 0 aliphatic heterocycles. The Bertz CT molecular complexity index is 499. The van der Waals surface area contributed by atoms with Crippen LogP contribution in [0.3, 0.4) is 0 Å². The smallest absolute Gasteiger partial charge is 0.428 e. The molecule has 1 rings (SSSR count). The Balaban J connectivity index is 2.64. The summed E-state index contributed by atoms with van der Waals surface area (Å²) in [6.07, 6.45) is -0.430. The van der Waals surface area contributed by atoms with Gasteiger partial charge >= 0.3 is 6.09 Å². The molecule has 116 valence electrons. The minimum Gasteiger partial charge on any atom is -0.491 e. The maximum Gasteiger partial charge on any atom is 0.428 e. The van der Waals surface area contributed by atoms with Crippen LogP contribution < -0.4 is 10.2 Å². The third-order valence-corrected chi connectivity index (χ3v) is 2.36. The van der Waals surface area contributed by atoms with Gasteiger partial charge in [-0.25, -0.2) is 10.2 Å². The van der Waals surface area contributed by atoms with Crippen LogP contribution in [0.25, 0.3) is 0 Å².